The summed E-state index contributed by atoms with van der Waals surface area (Å²) < 4.78 is 6.33. The molecule has 1 heterocycles. The van der Waals surface area contributed by atoms with E-state index in [-0.39, 0.29) is 82.0 Å². The van der Waals surface area contributed by atoms with E-state index in [4.69, 9.17) is 22.0 Å². The molecule has 268 valence electrons. The Morgan fingerprint density at radius 1 is 0.939 bits per heavy atom. The summed E-state index contributed by atoms with van der Waals surface area (Å²) in [5.41, 5.74) is 16.3. The standard InChI is InChI=1S/C12H15N3.C8H11N.C5H7NO.C5H10O2.C5H11O.C2H3N.ClH.K/c1-3-10-8-12(13)15(14-10)11-6-4-9(2)5-7-11;1-7-2-4-8(6-9)5-3-7;1-2-5(7)3-4-6;1-3-5(6)7-4-2;1-4-5(2,3)6;1-2-3;;/h4-8H,3,13H2,1-2H3;2-5H,6,9H2,1H3;2-3H2,1H3;3-4H2,1-2H3;4H2,1-3H3;1H3;1H;/q;;;;-1;;;+1. The maximum atomic E-state index is 10.5. The normalized spacial score (nSPS) is 8.86. The summed E-state index contributed by atoms with van der Waals surface area (Å²) in [7, 11) is 0. The number of carbonyl (C=O) groups excluding carboxylic acids is 2. The first-order valence-corrected chi connectivity index (χ1v) is 15.9. The molecule has 0 aliphatic heterocycles. The van der Waals surface area contributed by atoms with Crippen molar-refractivity contribution in [2.24, 2.45) is 5.73 Å². The molecule has 0 spiro atoms. The number of anilines is 1. The Morgan fingerprint density at radius 2 is 1.39 bits per heavy atom. The molecule has 0 amide bonds. The molecule has 4 N–H and O–H groups in total. The number of benzene rings is 2. The minimum absolute atomic E-state index is 0. The van der Waals surface area contributed by atoms with Crippen LogP contribution in [0.5, 0.6) is 0 Å². The van der Waals surface area contributed by atoms with Crippen molar-refractivity contribution in [3.05, 3.63) is 77.0 Å². The number of ketones is 1. The Morgan fingerprint density at radius 3 is 1.65 bits per heavy atom. The summed E-state index contributed by atoms with van der Waals surface area (Å²) in [6.45, 7) is 19.4. The van der Waals surface area contributed by atoms with E-state index in [0.29, 0.717) is 38.2 Å². The molecule has 0 bridgehead atoms. The molecule has 49 heavy (non-hydrogen) atoms. The van der Waals surface area contributed by atoms with Crippen LogP contribution in [-0.2, 0) is 27.3 Å². The predicted octanol–water partition coefficient (Wildman–Crippen LogP) is 4.11. The van der Waals surface area contributed by atoms with Crippen LogP contribution in [0.15, 0.2) is 54.6 Å². The van der Waals surface area contributed by atoms with E-state index in [1.165, 1.54) is 23.6 Å². The summed E-state index contributed by atoms with van der Waals surface area (Å²) >= 11 is 0. The Kier molecular flexibility index (Phi) is 40.2. The second-order valence-electron chi connectivity index (χ2n) is 10.6. The molecule has 10 nitrogen and oxygen atoms in total. The van der Waals surface area contributed by atoms with Gasteiger partial charge in [0.15, 0.2) is 0 Å². The van der Waals surface area contributed by atoms with Crippen molar-refractivity contribution in [3.63, 3.8) is 0 Å². The summed E-state index contributed by atoms with van der Waals surface area (Å²) in [6.07, 6.45) is 2.65. The zero-order valence-electron chi connectivity index (χ0n) is 31.6. The fourth-order valence-corrected chi connectivity index (χ4v) is 2.71. The maximum absolute atomic E-state index is 10.5. The molecular weight excluding hydrogens is 667 g/mol. The quantitative estimate of drug-likeness (QED) is 0.255. The van der Waals surface area contributed by atoms with Gasteiger partial charge in [0.2, 0.25) is 0 Å². The van der Waals surface area contributed by atoms with Gasteiger partial charge in [-0.1, -0.05) is 95.5 Å². The number of nitriles is 2. The first kappa shape index (κ1) is 55.8. The Bertz CT molecular complexity index is 1330. The minimum atomic E-state index is -0.708. The van der Waals surface area contributed by atoms with Gasteiger partial charge in [-0.3, -0.25) is 9.59 Å². The van der Waals surface area contributed by atoms with E-state index in [1.54, 1.807) is 51.4 Å². The van der Waals surface area contributed by atoms with Gasteiger partial charge in [-0.05, 0) is 44.9 Å². The molecule has 0 atom stereocenters. The van der Waals surface area contributed by atoms with Gasteiger partial charge in [-0.15, -0.1) is 18.0 Å². The molecule has 0 saturated heterocycles. The Labute approximate surface area is 344 Å². The second kappa shape index (κ2) is 35.2. The topological polar surface area (TPSA) is 184 Å². The first-order chi connectivity index (χ1) is 22.1. The van der Waals surface area contributed by atoms with Gasteiger partial charge in [0.25, 0.3) is 0 Å². The molecule has 2 aromatic carbocycles. The number of aromatic nitrogens is 2. The van der Waals surface area contributed by atoms with Crippen molar-refractivity contribution in [2.45, 2.75) is 113 Å². The molecule has 3 rings (SSSR count). The number of nitrogens with zero attached hydrogens (tertiary/aromatic N) is 4. The number of hydrogen-bond donors (Lipinski definition) is 2. The van der Waals surface area contributed by atoms with Crippen molar-refractivity contribution in [2.75, 3.05) is 12.3 Å². The van der Waals surface area contributed by atoms with Crippen LogP contribution in [0.1, 0.15) is 103 Å². The van der Waals surface area contributed by atoms with Crippen LogP contribution in [0, 0.1) is 36.5 Å². The molecule has 0 aliphatic carbocycles. The van der Waals surface area contributed by atoms with E-state index in [2.05, 4.69) is 67.0 Å². The third-order valence-corrected chi connectivity index (χ3v) is 5.90. The number of Topliss-reactive ketones (excluding diaryl/α,β-unsaturated/α-hetero) is 1. The average Bonchev–Trinajstić information content (AvgIpc) is 3.43. The average molecular weight is 725 g/mol. The number of aryl methyl sites for hydroxylation is 3. The van der Waals surface area contributed by atoms with E-state index in [1.807, 2.05) is 25.1 Å². The van der Waals surface area contributed by atoms with Crippen LogP contribution >= 0.6 is 12.4 Å². The number of carbonyl (C=O) groups is 2. The molecule has 0 radical (unpaired) electrons. The zero-order valence-corrected chi connectivity index (χ0v) is 35.6. The van der Waals surface area contributed by atoms with Crippen LogP contribution in [0.4, 0.5) is 5.82 Å². The number of rotatable bonds is 8. The molecule has 0 fully saturated rings. The molecule has 1 aromatic heterocycles. The van der Waals surface area contributed by atoms with Crippen molar-refractivity contribution in [3.8, 4) is 17.8 Å². The van der Waals surface area contributed by atoms with E-state index >= 15 is 0 Å². The summed E-state index contributed by atoms with van der Waals surface area (Å²) in [4.78, 5) is 20.4. The van der Waals surface area contributed by atoms with Crippen molar-refractivity contribution in [1.29, 1.82) is 10.5 Å². The second-order valence-corrected chi connectivity index (χ2v) is 10.6. The fraction of sp³-hybridized carbons (Fsp3) is 0.486. The Balaban J connectivity index is -0.000000167. The minimum Gasteiger partial charge on any atom is -0.850 e. The van der Waals surface area contributed by atoms with Crippen LogP contribution in [0.3, 0.4) is 0 Å². The molecule has 0 unspecified atom stereocenters. The molecule has 0 saturated carbocycles. The predicted molar refractivity (Wildman–Crippen MR) is 197 cm³/mol. The number of ether oxygens (including phenoxy) is 1. The summed E-state index contributed by atoms with van der Waals surface area (Å²) in [6, 6.07) is 21.8. The molecular formula is C37H58ClKN6O4. The number of halogens is 1. The summed E-state index contributed by atoms with van der Waals surface area (Å²) in [5, 5.41) is 30.1. The smallest absolute Gasteiger partial charge is 0.850 e. The molecule has 12 heteroatoms. The van der Waals surface area contributed by atoms with Crippen LogP contribution in [-0.4, -0.2) is 33.7 Å². The van der Waals surface area contributed by atoms with E-state index in [0.717, 1.165) is 17.8 Å². The summed E-state index contributed by atoms with van der Waals surface area (Å²) in [5.74, 6) is 0.584. The van der Waals surface area contributed by atoms with Gasteiger partial charge in [0.1, 0.15) is 11.6 Å². The van der Waals surface area contributed by atoms with Crippen molar-refractivity contribution in [1.82, 2.24) is 9.78 Å². The van der Waals surface area contributed by atoms with Gasteiger partial charge >= 0.3 is 57.4 Å². The van der Waals surface area contributed by atoms with Crippen LogP contribution in [0.25, 0.3) is 5.69 Å². The van der Waals surface area contributed by atoms with Crippen LogP contribution in [0.2, 0.25) is 0 Å². The number of esters is 1. The van der Waals surface area contributed by atoms with Gasteiger partial charge in [0.05, 0.1) is 36.5 Å². The maximum Gasteiger partial charge on any atom is 1.00 e. The number of nitrogens with two attached hydrogens (primary N) is 2. The largest absolute Gasteiger partial charge is 1.00 e. The van der Waals surface area contributed by atoms with E-state index < -0.39 is 5.60 Å². The van der Waals surface area contributed by atoms with Gasteiger partial charge in [0, 0.05) is 32.4 Å². The Hall–Kier alpha value is -2.58. The van der Waals surface area contributed by atoms with Gasteiger partial charge < -0.3 is 21.3 Å². The zero-order chi connectivity index (χ0) is 36.8. The third-order valence-electron chi connectivity index (χ3n) is 5.90. The van der Waals surface area contributed by atoms with E-state index in [9.17, 15) is 14.7 Å². The van der Waals surface area contributed by atoms with Gasteiger partial charge in [-0.2, -0.15) is 15.6 Å². The van der Waals surface area contributed by atoms with Crippen LogP contribution < -0.4 is 68.0 Å². The first-order valence-electron chi connectivity index (χ1n) is 15.9. The fourth-order valence-electron chi connectivity index (χ4n) is 2.71. The monoisotopic (exact) mass is 724 g/mol. The number of nitrogen functional groups attached to an aromatic ring is 1. The molecule has 3 aromatic rings. The molecule has 0 aliphatic rings. The van der Waals surface area contributed by atoms with Crippen molar-refractivity contribution < 1.29 is 70.8 Å². The third kappa shape index (κ3) is 33.7. The SMILES string of the molecule is CC#N.CCC(=O)CC#N.CCC(C)(C)[O-].CCOC(=O)CC.CCc1cc(N)n(-c2ccc(C)cc2)n1.Cc1ccc(CN)cc1.Cl.[K+]. The van der Waals surface area contributed by atoms with Gasteiger partial charge in [-0.25, -0.2) is 4.68 Å². The number of hydrogen-bond acceptors (Lipinski definition) is 9. The van der Waals surface area contributed by atoms with Crippen molar-refractivity contribution >= 4 is 30.0 Å².